The third kappa shape index (κ3) is 5.05. The number of methoxy groups -OCH3 is 2. The first kappa shape index (κ1) is 17.4. The van der Waals surface area contributed by atoms with Crippen molar-refractivity contribution < 1.29 is 23.4 Å². The molecule has 2 rings (SSSR count). The number of nitrogens with one attached hydrogen (secondary N) is 2. The number of urea groups is 1. The van der Waals surface area contributed by atoms with E-state index >= 15 is 0 Å². The van der Waals surface area contributed by atoms with Crippen LogP contribution in [0, 0.1) is 5.82 Å². The Bertz CT molecular complexity index is 694. The molecule has 2 aromatic rings. The van der Waals surface area contributed by atoms with Gasteiger partial charge in [0.1, 0.15) is 29.7 Å². The van der Waals surface area contributed by atoms with Crippen molar-refractivity contribution in [3.05, 3.63) is 48.3 Å². The second-order valence-electron chi connectivity index (χ2n) is 4.75. The van der Waals surface area contributed by atoms with Gasteiger partial charge in [0.05, 0.1) is 26.5 Å². The summed E-state index contributed by atoms with van der Waals surface area (Å²) >= 11 is 0. The van der Waals surface area contributed by atoms with Gasteiger partial charge in [-0.05, 0) is 24.3 Å². The van der Waals surface area contributed by atoms with Gasteiger partial charge in [0.15, 0.2) is 0 Å². The van der Waals surface area contributed by atoms with Crippen LogP contribution in [0.5, 0.6) is 17.2 Å². The monoisotopic (exact) mass is 334 g/mol. The maximum absolute atomic E-state index is 13.0. The van der Waals surface area contributed by atoms with Gasteiger partial charge < -0.3 is 24.8 Å². The fourth-order valence-corrected chi connectivity index (χ4v) is 1.96. The van der Waals surface area contributed by atoms with Gasteiger partial charge in [-0.1, -0.05) is 6.07 Å². The van der Waals surface area contributed by atoms with Crippen LogP contribution in [0.15, 0.2) is 42.5 Å². The SMILES string of the molecule is COc1ccc(NC(=O)NCCOc2cccc(F)c2)c(OC)c1. The first-order chi connectivity index (χ1) is 11.6. The maximum atomic E-state index is 13.0. The summed E-state index contributed by atoms with van der Waals surface area (Å²) in [5.41, 5.74) is 0.516. The van der Waals surface area contributed by atoms with E-state index in [0.29, 0.717) is 22.9 Å². The number of hydrogen-bond acceptors (Lipinski definition) is 4. The summed E-state index contributed by atoms with van der Waals surface area (Å²) in [4.78, 5) is 11.9. The molecule has 0 aliphatic carbocycles. The maximum Gasteiger partial charge on any atom is 0.319 e. The molecule has 2 N–H and O–H groups in total. The van der Waals surface area contributed by atoms with E-state index in [4.69, 9.17) is 14.2 Å². The van der Waals surface area contributed by atoms with E-state index in [0.717, 1.165) is 0 Å². The highest BCUT2D eigenvalue weighted by Gasteiger charge is 2.08. The molecule has 0 aliphatic rings. The van der Waals surface area contributed by atoms with Gasteiger partial charge in [-0.25, -0.2) is 9.18 Å². The van der Waals surface area contributed by atoms with Crippen LogP contribution in [0.3, 0.4) is 0 Å². The molecule has 7 heteroatoms. The zero-order chi connectivity index (χ0) is 17.4. The second-order valence-corrected chi connectivity index (χ2v) is 4.75. The van der Waals surface area contributed by atoms with Crippen molar-refractivity contribution in [1.29, 1.82) is 0 Å². The molecule has 24 heavy (non-hydrogen) atoms. The summed E-state index contributed by atoms with van der Waals surface area (Å²) in [5.74, 6) is 1.15. The van der Waals surface area contributed by atoms with Crippen molar-refractivity contribution >= 4 is 11.7 Å². The van der Waals surface area contributed by atoms with E-state index in [1.165, 1.54) is 19.2 Å². The van der Waals surface area contributed by atoms with Crippen molar-refractivity contribution in [2.24, 2.45) is 0 Å². The molecular weight excluding hydrogens is 315 g/mol. The van der Waals surface area contributed by atoms with Crippen LogP contribution in [0.25, 0.3) is 0 Å². The smallest absolute Gasteiger partial charge is 0.319 e. The Balaban J connectivity index is 1.79. The standard InChI is InChI=1S/C17H19FN2O4/c1-22-13-6-7-15(16(11-13)23-2)20-17(21)19-8-9-24-14-5-3-4-12(18)10-14/h3-7,10-11H,8-9H2,1-2H3,(H2,19,20,21). The van der Waals surface area contributed by atoms with Crippen LogP contribution in [0.1, 0.15) is 0 Å². The van der Waals surface area contributed by atoms with Gasteiger partial charge in [-0.15, -0.1) is 0 Å². The molecule has 2 amide bonds. The Hall–Kier alpha value is -2.96. The first-order valence-electron chi connectivity index (χ1n) is 7.27. The predicted molar refractivity (Wildman–Crippen MR) is 88.5 cm³/mol. The molecule has 0 aliphatic heterocycles. The lowest BCUT2D eigenvalue weighted by molar-refractivity contribution is 0.247. The fourth-order valence-electron chi connectivity index (χ4n) is 1.96. The number of hydrogen-bond donors (Lipinski definition) is 2. The molecule has 0 atom stereocenters. The number of carbonyl (C=O) groups excluding carboxylic acids is 1. The molecule has 128 valence electrons. The molecule has 0 radical (unpaired) electrons. The molecule has 0 heterocycles. The van der Waals surface area contributed by atoms with Crippen LogP contribution in [0.2, 0.25) is 0 Å². The lowest BCUT2D eigenvalue weighted by Gasteiger charge is -2.12. The number of benzene rings is 2. The van der Waals surface area contributed by atoms with Crippen molar-refractivity contribution in [2.45, 2.75) is 0 Å². The Morgan fingerprint density at radius 1 is 1.08 bits per heavy atom. The quantitative estimate of drug-likeness (QED) is 0.764. The van der Waals surface area contributed by atoms with Gasteiger partial charge >= 0.3 is 6.03 Å². The number of rotatable bonds is 7. The van der Waals surface area contributed by atoms with Gasteiger partial charge in [-0.2, -0.15) is 0 Å². The molecule has 0 aromatic heterocycles. The minimum Gasteiger partial charge on any atom is -0.497 e. The lowest BCUT2D eigenvalue weighted by Crippen LogP contribution is -2.32. The van der Waals surface area contributed by atoms with Crippen molar-refractivity contribution in [2.75, 3.05) is 32.7 Å². The molecule has 0 spiro atoms. The molecular formula is C17H19FN2O4. The van der Waals surface area contributed by atoms with Crippen LogP contribution >= 0.6 is 0 Å². The van der Waals surface area contributed by atoms with E-state index < -0.39 is 6.03 Å². The van der Waals surface area contributed by atoms with Crippen LogP contribution in [-0.2, 0) is 0 Å². The largest absolute Gasteiger partial charge is 0.497 e. The van der Waals surface area contributed by atoms with Gasteiger partial charge in [0, 0.05) is 12.1 Å². The summed E-state index contributed by atoms with van der Waals surface area (Å²) in [5, 5.41) is 5.31. The summed E-state index contributed by atoms with van der Waals surface area (Å²) in [6.07, 6.45) is 0. The highest BCUT2D eigenvalue weighted by molar-refractivity contribution is 5.91. The molecule has 0 saturated heterocycles. The summed E-state index contributed by atoms with van der Waals surface area (Å²) in [6.45, 7) is 0.484. The van der Waals surface area contributed by atoms with Crippen LogP contribution in [-0.4, -0.2) is 33.4 Å². The second kappa shape index (κ2) is 8.61. The third-order valence-corrected chi connectivity index (χ3v) is 3.11. The normalized spacial score (nSPS) is 9.96. The third-order valence-electron chi connectivity index (χ3n) is 3.11. The number of amides is 2. The van der Waals surface area contributed by atoms with Gasteiger partial charge in [0.2, 0.25) is 0 Å². The number of ether oxygens (including phenoxy) is 3. The van der Waals surface area contributed by atoms with Crippen LogP contribution in [0.4, 0.5) is 14.9 Å². The van der Waals surface area contributed by atoms with E-state index in [-0.39, 0.29) is 19.0 Å². The van der Waals surface area contributed by atoms with Crippen molar-refractivity contribution in [3.8, 4) is 17.2 Å². The minimum absolute atomic E-state index is 0.219. The summed E-state index contributed by atoms with van der Waals surface area (Å²) in [7, 11) is 3.05. The molecule has 2 aromatic carbocycles. The highest BCUT2D eigenvalue weighted by atomic mass is 19.1. The molecule has 0 saturated carbocycles. The highest BCUT2D eigenvalue weighted by Crippen LogP contribution is 2.28. The average Bonchev–Trinajstić information content (AvgIpc) is 2.59. The average molecular weight is 334 g/mol. The van der Waals surface area contributed by atoms with E-state index in [2.05, 4.69) is 10.6 Å². The van der Waals surface area contributed by atoms with Crippen LogP contribution < -0.4 is 24.8 Å². The number of anilines is 1. The van der Waals surface area contributed by atoms with E-state index in [1.807, 2.05) is 0 Å². The number of carbonyl (C=O) groups is 1. The molecule has 0 fully saturated rings. The fraction of sp³-hybridized carbons (Fsp3) is 0.235. The Morgan fingerprint density at radius 3 is 2.62 bits per heavy atom. The van der Waals surface area contributed by atoms with E-state index in [9.17, 15) is 9.18 Å². The van der Waals surface area contributed by atoms with E-state index in [1.54, 1.807) is 37.4 Å². The Morgan fingerprint density at radius 2 is 1.92 bits per heavy atom. The first-order valence-corrected chi connectivity index (χ1v) is 7.27. The molecule has 0 unspecified atom stereocenters. The van der Waals surface area contributed by atoms with Crippen molar-refractivity contribution in [3.63, 3.8) is 0 Å². The zero-order valence-electron chi connectivity index (χ0n) is 13.5. The Kier molecular flexibility index (Phi) is 6.24. The summed E-state index contributed by atoms with van der Waals surface area (Å²) in [6, 6.07) is 10.5. The summed E-state index contributed by atoms with van der Waals surface area (Å²) < 4.78 is 28.6. The Labute approximate surface area is 139 Å². The predicted octanol–water partition coefficient (Wildman–Crippen LogP) is 3.04. The molecule has 0 bridgehead atoms. The zero-order valence-corrected chi connectivity index (χ0v) is 13.5. The van der Waals surface area contributed by atoms with Crippen molar-refractivity contribution in [1.82, 2.24) is 5.32 Å². The van der Waals surface area contributed by atoms with Gasteiger partial charge in [0.25, 0.3) is 0 Å². The topological polar surface area (TPSA) is 68.8 Å². The van der Waals surface area contributed by atoms with Gasteiger partial charge in [-0.3, -0.25) is 0 Å². The minimum atomic E-state index is -0.402. The molecule has 6 nitrogen and oxygen atoms in total. The number of halogens is 1. The lowest BCUT2D eigenvalue weighted by atomic mass is 10.2.